The maximum atomic E-state index is 13.9. The minimum Gasteiger partial charge on any atom is -0.369 e. The number of rotatable bonds is 7. The number of aromatic nitrogens is 3. The average molecular weight is 651 g/mol. The van der Waals surface area contributed by atoms with Crippen molar-refractivity contribution in [3.63, 3.8) is 0 Å². The third-order valence-corrected chi connectivity index (χ3v) is 10.3. The van der Waals surface area contributed by atoms with E-state index in [-0.39, 0.29) is 29.3 Å². The lowest BCUT2D eigenvalue weighted by molar-refractivity contribution is 0.102. The van der Waals surface area contributed by atoms with E-state index in [2.05, 4.69) is 35.6 Å². The van der Waals surface area contributed by atoms with Crippen LogP contribution in [0.4, 0.5) is 26.0 Å². The second-order valence-corrected chi connectivity index (χ2v) is 13.6. The van der Waals surface area contributed by atoms with Crippen LogP contribution in [-0.4, -0.2) is 77.8 Å². The lowest BCUT2D eigenvalue weighted by atomic mass is 10.0. The summed E-state index contributed by atoms with van der Waals surface area (Å²) in [4.78, 5) is 34.8. The molecular formula is C31H32F2N8O4S. The van der Waals surface area contributed by atoms with Crippen molar-refractivity contribution in [1.82, 2.24) is 24.4 Å². The fourth-order valence-electron chi connectivity index (χ4n) is 5.74. The second-order valence-electron chi connectivity index (χ2n) is 11.7. The zero-order valence-corrected chi connectivity index (χ0v) is 26.2. The molecule has 2 aliphatic rings. The van der Waals surface area contributed by atoms with Crippen molar-refractivity contribution in [3.8, 4) is 0 Å². The monoisotopic (exact) mass is 650 g/mol. The van der Waals surface area contributed by atoms with Crippen molar-refractivity contribution >= 4 is 39.0 Å². The fraction of sp³-hybridized carbons (Fsp3) is 0.290. The molecule has 0 saturated carbocycles. The molecule has 4 aromatic rings. The topological polar surface area (TPSA) is 144 Å². The van der Waals surface area contributed by atoms with Crippen molar-refractivity contribution in [1.29, 1.82) is 0 Å². The number of amides is 2. The number of aromatic amines is 1. The van der Waals surface area contributed by atoms with Gasteiger partial charge in [-0.2, -0.15) is 9.40 Å². The van der Waals surface area contributed by atoms with E-state index in [0.29, 0.717) is 17.3 Å². The number of H-pyrrole nitrogens is 1. The first-order valence-corrected chi connectivity index (χ1v) is 16.0. The molecule has 0 bridgehead atoms. The summed E-state index contributed by atoms with van der Waals surface area (Å²) >= 11 is 0. The van der Waals surface area contributed by atoms with E-state index in [9.17, 15) is 26.8 Å². The first kappa shape index (κ1) is 31.3. The van der Waals surface area contributed by atoms with Gasteiger partial charge in [0.05, 0.1) is 27.4 Å². The summed E-state index contributed by atoms with van der Waals surface area (Å²) in [6.45, 7) is 6.29. The maximum absolute atomic E-state index is 13.9. The van der Waals surface area contributed by atoms with Crippen LogP contribution >= 0.6 is 0 Å². The van der Waals surface area contributed by atoms with E-state index in [1.165, 1.54) is 6.20 Å². The number of nitrogens with one attached hydrogen (secondary N) is 3. The summed E-state index contributed by atoms with van der Waals surface area (Å²) < 4.78 is 56.1. The van der Waals surface area contributed by atoms with Gasteiger partial charge in [0.15, 0.2) is 5.82 Å². The molecule has 46 heavy (non-hydrogen) atoms. The molecular weight excluding hydrogens is 618 g/mol. The van der Waals surface area contributed by atoms with E-state index in [0.717, 1.165) is 48.3 Å². The Kier molecular flexibility index (Phi) is 8.08. The van der Waals surface area contributed by atoms with Gasteiger partial charge in [-0.1, -0.05) is 6.07 Å². The van der Waals surface area contributed by atoms with Gasteiger partial charge in [0.25, 0.3) is 11.8 Å². The van der Waals surface area contributed by atoms with Gasteiger partial charge in [-0.3, -0.25) is 19.7 Å². The quantitative estimate of drug-likeness (QED) is 0.274. The van der Waals surface area contributed by atoms with Gasteiger partial charge in [-0.15, -0.1) is 0 Å². The highest BCUT2D eigenvalue weighted by atomic mass is 32.2. The van der Waals surface area contributed by atoms with Crippen LogP contribution in [0.15, 0.2) is 65.7 Å². The Morgan fingerprint density at radius 1 is 0.935 bits per heavy atom. The number of carbonyl (C=O) groups excluding carboxylic acids is 2. The van der Waals surface area contributed by atoms with Crippen LogP contribution in [-0.2, 0) is 22.1 Å². The molecule has 6 rings (SSSR count). The van der Waals surface area contributed by atoms with Crippen molar-refractivity contribution in [2.75, 3.05) is 48.8 Å². The molecule has 1 saturated heterocycles. The number of anilines is 3. The summed E-state index contributed by atoms with van der Waals surface area (Å²) in [6.07, 6.45) is 1.50. The van der Waals surface area contributed by atoms with Gasteiger partial charge < -0.3 is 20.4 Å². The largest absolute Gasteiger partial charge is 0.369 e. The summed E-state index contributed by atoms with van der Waals surface area (Å²) in [7, 11) is -2.31. The number of benzene rings is 2. The predicted molar refractivity (Wildman–Crippen MR) is 167 cm³/mol. The molecule has 0 spiro atoms. The van der Waals surface area contributed by atoms with E-state index in [1.807, 2.05) is 7.05 Å². The van der Waals surface area contributed by atoms with E-state index < -0.39 is 43.9 Å². The molecule has 0 radical (unpaired) electrons. The molecule has 4 heterocycles. The first-order valence-electron chi connectivity index (χ1n) is 14.5. The molecule has 240 valence electrons. The van der Waals surface area contributed by atoms with E-state index in [4.69, 9.17) is 0 Å². The predicted octanol–water partition coefficient (Wildman–Crippen LogP) is 3.78. The Balaban J connectivity index is 1.29. The van der Waals surface area contributed by atoms with Crippen LogP contribution in [0.5, 0.6) is 0 Å². The van der Waals surface area contributed by atoms with Crippen LogP contribution in [0.2, 0.25) is 0 Å². The molecule has 0 aliphatic carbocycles. The van der Waals surface area contributed by atoms with Crippen LogP contribution < -0.4 is 15.5 Å². The highest BCUT2D eigenvalue weighted by molar-refractivity contribution is 7.89. The highest BCUT2D eigenvalue weighted by Gasteiger charge is 2.48. The molecule has 0 unspecified atom stereocenters. The summed E-state index contributed by atoms with van der Waals surface area (Å²) in [5.41, 5.74) is 1.03. The molecule has 2 aliphatic heterocycles. The molecule has 2 aromatic heterocycles. The molecule has 2 amide bonds. The highest BCUT2D eigenvalue weighted by Crippen LogP contribution is 2.44. The van der Waals surface area contributed by atoms with Gasteiger partial charge in [-0.25, -0.2) is 17.2 Å². The molecule has 15 heteroatoms. The Hall–Kier alpha value is -4.73. The number of sulfonamides is 1. The minimum atomic E-state index is -4.36. The number of halogens is 2. The second kappa shape index (κ2) is 11.9. The Bertz CT molecular complexity index is 1910. The van der Waals surface area contributed by atoms with Crippen LogP contribution in [0.3, 0.4) is 0 Å². The molecule has 3 N–H and O–H groups in total. The number of nitrogens with zero attached hydrogens (tertiary/aromatic N) is 5. The first-order chi connectivity index (χ1) is 21.8. The third-order valence-electron chi connectivity index (χ3n) is 8.32. The number of carbonyl (C=O) groups is 2. The number of likely N-dealkylation sites (N-methyl/N-ethyl adjacent to an activating group) is 1. The van der Waals surface area contributed by atoms with E-state index in [1.54, 1.807) is 50.2 Å². The lowest BCUT2D eigenvalue weighted by Crippen LogP contribution is -2.44. The van der Waals surface area contributed by atoms with Gasteiger partial charge in [-0.05, 0) is 63.4 Å². The Morgan fingerprint density at radius 3 is 2.33 bits per heavy atom. The number of pyridine rings is 1. The lowest BCUT2D eigenvalue weighted by Gasteiger charge is -2.34. The number of hydrogen-bond donors (Lipinski definition) is 3. The van der Waals surface area contributed by atoms with Gasteiger partial charge in [0.1, 0.15) is 17.3 Å². The van der Waals surface area contributed by atoms with Crippen LogP contribution in [0.25, 0.3) is 0 Å². The normalized spacial score (nSPS) is 16.7. The maximum Gasteiger partial charge on any atom is 0.274 e. The van der Waals surface area contributed by atoms with Crippen molar-refractivity contribution in [2.45, 2.75) is 30.8 Å². The Morgan fingerprint density at radius 2 is 1.65 bits per heavy atom. The fourth-order valence-corrected chi connectivity index (χ4v) is 7.51. The van der Waals surface area contributed by atoms with Crippen LogP contribution in [0, 0.1) is 11.6 Å². The van der Waals surface area contributed by atoms with Gasteiger partial charge in [0, 0.05) is 56.2 Å². The number of hydrogen-bond acceptors (Lipinski definition) is 8. The zero-order valence-electron chi connectivity index (χ0n) is 25.3. The van der Waals surface area contributed by atoms with Gasteiger partial charge >= 0.3 is 0 Å². The van der Waals surface area contributed by atoms with E-state index >= 15 is 0 Å². The summed E-state index contributed by atoms with van der Waals surface area (Å²) in [6, 6.07) is 12.2. The molecule has 0 atom stereocenters. The van der Waals surface area contributed by atoms with Crippen LogP contribution in [0.1, 0.15) is 46.0 Å². The third kappa shape index (κ3) is 5.84. The molecule has 12 nitrogen and oxygen atoms in total. The Labute approximate surface area is 264 Å². The number of piperazine rings is 1. The van der Waals surface area contributed by atoms with Crippen molar-refractivity contribution < 1.29 is 26.8 Å². The van der Waals surface area contributed by atoms with Gasteiger partial charge in [0.2, 0.25) is 10.0 Å². The van der Waals surface area contributed by atoms with Crippen molar-refractivity contribution in [2.24, 2.45) is 0 Å². The number of fused-ring (bicyclic) bond motifs is 1. The standard InChI is InChI=1S/C31H32F2N8O4S/c1-31(2)27-24(18-41(31)46(44,45)22-15-19(32)14-20(33)16-22)28(38-37-27)36-29(42)23-8-7-21(40-12-10-39(3)11-13-40)17-26(23)35-30(43)25-6-4-5-9-34-25/h4-9,14-17H,10-13,18H2,1-3H3,(H,35,43)(H2,36,37,38,42). The van der Waals surface area contributed by atoms with Crippen molar-refractivity contribution in [3.05, 3.63) is 94.9 Å². The smallest absolute Gasteiger partial charge is 0.274 e. The average Bonchev–Trinajstić information content (AvgIpc) is 3.55. The zero-order chi connectivity index (χ0) is 32.8. The summed E-state index contributed by atoms with van der Waals surface area (Å²) in [5, 5.41) is 12.6. The molecule has 1 fully saturated rings. The SMILES string of the molecule is CN1CCN(c2ccc(C(=O)Nc3n[nH]c4c3CN(S(=O)(=O)c3cc(F)cc(F)c3)C4(C)C)c(NC(=O)c3ccccn3)c2)CC1. The molecule has 2 aromatic carbocycles. The summed E-state index contributed by atoms with van der Waals surface area (Å²) in [5.74, 6) is -3.05. The minimum absolute atomic E-state index is 0.0846.